The number of benzene rings is 3. The van der Waals surface area contributed by atoms with Gasteiger partial charge in [-0.3, -0.25) is 9.59 Å². The number of anilines is 2. The number of halogens is 1. The number of hydrogen-bond acceptors (Lipinski definition) is 3. The van der Waals surface area contributed by atoms with Crippen molar-refractivity contribution in [2.75, 3.05) is 23.3 Å². The Morgan fingerprint density at radius 2 is 1.67 bits per heavy atom. The van der Waals surface area contributed by atoms with Crippen LogP contribution in [0.4, 0.5) is 15.8 Å². The summed E-state index contributed by atoms with van der Waals surface area (Å²) in [6, 6.07) is 19.4. The van der Waals surface area contributed by atoms with Gasteiger partial charge in [0.2, 0.25) is 0 Å². The highest BCUT2D eigenvalue weighted by molar-refractivity contribution is 6.06. The Hall–Kier alpha value is -3.67. The highest BCUT2D eigenvalue weighted by atomic mass is 19.1. The summed E-state index contributed by atoms with van der Waals surface area (Å²) >= 11 is 0. The number of hydrogen-bond donors (Lipinski definition) is 2. The summed E-state index contributed by atoms with van der Waals surface area (Å²) in [4.78, 5) is 27.9. The summed E-state index contributed by atoms with van der Waals surface area (Å²) in [5.41, 5.74) is 4.28. The second-order valence-corrected chi connectivity index (χ2v) is 8.71. The van der Waals surface area contributed by atoms with E-state index < -0.39 is 11.7 Å². The molecule has 0 spiro atoms. The largest absolute Gasteiger partial charge is 0.366 e. The van der Waals surface area contributed by atoms with Crippen molar-refractivity contribution in [2.45, 2.75) is 26.8 Å². The van der Waals surface area contributed by atoms with Crippen molar-refractivity contribution in [3.63, 3.8) is 0 Å². The molecule has 2 N–H and O–H groups in total. The van der Waals surface area contributed by atoms with Crippen LogP contribution in [0.5, 0.6) is 0 Å². The molecule has 1 aliphatic rings. The zero-order chi connectivity index (χ0) is 23.4. The maximum absolute atomic E-state index is 14.0. The topological polar surface area (TPSA) is 61.4 Å². The van der Waals surface area contributed by atoms with E-state index in [4.69, 9.17) is 0 Å². The van der Waals surface area contributed by atoms with Gasteiger partial charge in [-0.05, 0) is 53.8 Å². The summed E-state index contributed by atoms with van der Waals surface area (Å²) in [6.07, 6.45) is 0.898. The number of nitrogens with zero attached hydrogens (tertiary/aromatic N) is 1. The Labute approximate surface area is 193 Å². The van der Waals surface area contributed by atoms with E-state index in [9.17, 15) is 14.0 Å². The molecule has 4 rings (SSSR count). The van der Waals surface area contributed by atoms with Crippen molar-refractivity contribution in [3.8, 4) is 0 Å². The third kappa shape index (κ3) is 5.22. The lowest BCUT2D eigenvalue weighted by Crippen LogP contribution is -2.34. The smallest absolute Gasteiger partial charge is 0.258 e. The van der Waals surface area contributed by atoms with Crippen molar-refractivity contribution in [2.24, 2.45) is 5.92 Å². The average molecular weight is 446 g/mol. The summed E-state index contributed by atoms with van der Waals surface area (Å²) in [5, 5.41) is 5.71. The van der Waals surface area contributed by atoms with Gasteiger partial charge in [-0.15, -0.1) is 0 Å². The van der Waals surface area contributed by atoms with E-state index in [1.807, 2.05) is 32.0 Å². The second-order valence-electron chi connectivity index (χ2n) is 8.71. The Balaban J connectivity index is 1.63. The Morgan fingerprint density at radius 1 is 0.939 bits per heavy atom. The predicted octanol–water partition coefficient (Wildman–Crippen LogP) is 5.03. The van der Waals surface area contributed by atoms with Crippen molar-refractivity contribution in [1.82, 2.24) is 5.32 Å². The molecule has 0 fully saturated rings. The Morgan fingerprint density at radius 3 is 2.42 bits per heavy atom. The van der Waals surface area contributed by atoms with Gasteiger partial charge in [0.05, 0.1) is 11.1 Å². The maximum atomic E-state index is 14.0. The van der Waals surface area contributed by atoms with Gasteiger partial charge in [0, 0.05) is 31.0 Å². The molecule has 0 radical (unpaired) electrons. The molecule has 1 aliphatic heterocycles. The lowest BCUT2D eigenvalue weighted by molar-refractivity contribution is 0.0948. The zero-order valence-corrected chi connectivity index (χ0v) is 18.9. The van der Waals surface area contributed by atoms with E-state index in [-0.39, 0.29) is 11.5 Å². The van der Waals surface area contributed by atoms with Gasteiger partial charge in [-0.1, -0.05) is 50.2 Å². The predicted molar refractivity (Wildman–Crippen MR) is 129 cm³/mol. The summed E-state index contributed by atoms with van der Waals surface area (Å²) in [7, 11) is 0. The van der Waals surface area contributed by atoms with Gasteiger partial charge in [0.15, 0.2) is 0 Å². The van der Waals surface area contributed by atoms with Crippen LogP contribution < -0.4 is 15.5 Å². The quantitative estimate of drug-likeness (QED) is 0.560. The number of carbonyl (C=O) groups excluding carboxylic acids is 2. The number of carbonyl (C=O) groups is 2. The number of amides is 2. The van der Waals surface area contributed by atoms with Gasteiger partial charge in [0.1, 0.15) is 5.82 Å². The van der Waals surface area contributed by atoms with Crippen LogP contribution in [0.3, 0.4) is 0 Å². The van der Waals surface area contributed by atoms with Gasteiger partial charge >= 0.3 is 0 Å². The van der Waals surface area contributed by atoms with Crippen LogP contribution in [-0.4, -0.2) is 24.9 Å². The third-order valence-corrected chi connectivity index (χ3v) is 5.76. The lowest BCUT2D eigenvalue weighted by Gasteiger charge is -2.32. The minimum atomic E-state index is -0.589. The summed E-state index contributed by atoms with van der Waals surface area (Å²) in [5.74, 6) is -1.03. The van der Waals surface area contributed by atoms with Crippen molar-refractivity contribution in [3.05, 3.63) is 94.8 Å². The monoisotopic (exact) mass is 445 g/mol. The fraction of sp³-hybridized carbons (Fsp3) is 0.259. The normalized spacial score (nSPS) is 12.9. The van der Waals surface area contributed by atoms with Crippen LogP contribution in [0.2, 0.25) is 0 Å². The van der Waals surface area contributed by atoms with Crippen molar-refractivity contribution < 1.29 is 14.0 Å². The summed E-state index contributed by atoms with van der Waals surface area (Å²) in [6.45, 7) is 6.12. The van der Waals surface area contributed by atoms with E-state index in [1.165, 1.54) is 29.3 Å². The molecule has 3 aromatic rings. The zero-order valence-electron chi connectivity index (χ0n) is 18.9. The van der Waals surface area contributed by atoms with Crippen LogP contribution in [0.15, 0.2) is 66.7 Å². The molecule has 33 heavy (non-hydrogen) atoms. The van der Waals surface area contributed by atoms with Crippen molar-refractivity contribution >= 4 is 23.2 Å². The molecule has 0 atom stereocenters. The molecule has 0 unspecified atom stereocenters. The average Bonchev–Trinajstić information content (AvgIpc) is 2.82. The molecule has 2 amide bonds. The lowest BCUT2D eigenvalue weighted by atomic mass is 9.98. The maximum Gasteiger partial charge on any atom is 0.258 e. The molecule has 1 heterocycles. The van der Waals surface area contributed by atoms with Gasteiger partial charge < -0.3 is 15.5 Å². The van der Waals surface area contributed by atoms with Crippen LogP contribution in [0, 0.1) is 11.7 Å². The van der Waals surface area contributed by atoms with E-state index in [0.29, 0.717) is 30.3 Å². The third-order valence-electron chi connectivity index (χ3n) is 5.76. The van der Waals surface area contributed by atoms with Gasteiger partial charge in [-0.25, -0.2) is 4.39 Å². The highest BCUT2D eigenvalue weighted by Crippen LogP contribution is 2.30. The minimum Gasteiger partial charge on any atom is -0.366 e. The second kappa shape index (κ2) is 9.86. The van der Waals surface area contributed by atoms with E-state index in [0.717, 1.165) is 18.7 Å². The number of nitrogens with one attached hydrogen (secondary N) is 2. The minimum absolute atomic E-state index is 0.0416. The Kier molecular flexibility index (Phi) is 6.73. The molecule has 3 aromatic carbocycles. The Bertz CT molecular complexity index is 1180. The molecule has 0 saturated heterocycles. The molecule has 0 bridgehead atoms. The fourth-order valence-corrected chi connectivity index (χ4v) is 4.01. The SMILES string of the molecule is CC(C)CNC(=O)c1cc(NC(=O)c2ccccc2F)ccc1N1CCc2ccccc2C1. The molecule has 0 saturated carbocycles. The first-order valence-corrected chi connectivity index (χ1v) is 11.2. The molecular formula is C27H28FN3O2. The van der Waals surface area contributed by atoms with Crippen LogP contribution in [-0.2, 0) is 13.0 Å². The number of rotatable bonds is 6. The van der Waals surface area contributed by atoms with Crippen LogP contribution in [0.25, 0.3) is 0 Å². The van der Waals surface area contributed by atoms with E-state index >= 15 is 0 Å². The molecule has 0 aliphatic carbocycles. The van der Waals surface area contributed by atoms with E-state index in [2.05, 4.69) is 27.7 Å². The van der Waals surface area contributed by atoms with Crippen molar-refractivity contribution in [1.29, 1.82) is 0 Å². The van der Waals surface area contributed by atoms with E-state index in [1.54, 1.807) is 18.2 Å². The molecule has 0 aromatic heterocycles. The fourth-order valence-electron chi connectivity index (χ4n) is 4.01. The first kappa shape index (κ1) is 22.5. The first-order valence-electron chi connectivity index (χ1n) is 11.2. The van der Waals surface area contributed by atoms with Crippen LogP contribution in [0.1, 0.15) is 45.7 Å². The van der Waals surface area contributed by atoms with Gasteiger partial charge in [0.25, 0.3) is 11.8 Å². The molecule has 6 heteroatoms. The highest BCUT2D eigenvalue weighted by Gasteiger charge is 2.22. The van der Waals surface area contributed by atoms with Gasteiger partial charge in [-0.2, -0.15) is 0 Å². The van der Waals surface area contributed by atoms with Crippen LogP contribution >= 0.6 is 0 Å². The molecule has 170 valence electrons. The summed E-state index contributed by atoms with van der Waals surface area (Å²) < 4.78 is 14.0. The number of fused-ring (bicyclic) bond motifs is 1. The molecular weight excluding hydrogens is 417 g/mol. The first-order chi connectivity index (χ1) is 15.9. The molecule has 5 nitrogen and oxygen atoms in total. The standard InChI is InChI=1S/C27H28FN3O2/c1-18(2)16-29-26(32)23-15-21(30-27(33)22-9-5-6-10-24(22)28)11-12-25(23)31-14-13-19-7-3-4-8-20(19)17-31/h3-12,15,18H,13-14,16-17H2,1-2H3,(H,29,32)(H,30,33).